The number of rotatable bonds is 2. The molecule has 1 aromatic carbocycles. The molecule has 1 aromatic heterocycles. The van der Waals surface area contributed by atoms with Gasteiger partial charge in [-0.15, -0.1) is 0 Å². The maximum absolute atomic E-state index is 8.66. The van der Waals surface area contributed by atoms with Crippen LogP contribution in [0.25, 0.3) is 5.69 Å². The minimum Gasteiger partial charge on any atom is -0.271 e. The first-order valence-electron chi connectivity index (χ1n) is 5.32. The Hall–Kier alpha value is -1.78. The van der Waals surface area contributed by atoms with E-state index in [1.165, 1.54) is 11.8 Å². The third kappa shape index (κ3) is 3.36. The number of aliphatic imine (C=N–C) groups is 1. The molecule has 0 aliphatic rings. The Bertz CT molecular complexity index is 644. The third-order valence-electron chi connectivity index (χ3n) is 2.26. The number of halogens is 1. The second-order valence-corrected chi connectivity index (χ2v) is 5.16. The lowest BCUT2D eigenvalue weighted by molar-refractivity contribution is 0.880. The second kappa shape index (κ2) is 6.41. The van der Waals surface area contributed by atoms with E-state index in [9.17, 15) is 0 Å². The first-order valence-corrected chi connectivity index (χ1v) is 7.33. The van der Waals surface area contributed by atoms with E-state index in [0.29, 0.717) is 5.17 Å². The number of benzene rings is 1. The zero-order valence-corrected chi connectivity index (χ0v) is 12.4. The summed E-state index contributed by atoms with van der Waals surface area (Å²) < 4.78 is 2.62. The molecule has 0 aliphatic heterocycles. The van der Waals surface area contributed by atoms with Crippen molar-refractivity contribution in [3.8, 4) is 11.9 Å². The molecule has 0 fully saturated rings. The Morgan fingerprint density at radius 3 is 2.95 bits per heavy atom. The van der Waals surface area contributed by atoms with Gasteiger partial charge in [0, 0.05) is 6.20 Å². The van der Waals surface area contributed by atoms with Gasteiger partial charge < -0.3 is 0 Å². The fourth-order valence-electron chi connectivity index (χ4n) is 1.47. The van der Waals surface area contributed by atoms with Crippen LogP contribution in [0.1, 0.15) is 0 Å². The van der Waals surface area contributed by atoms with Gasteiger partial charge in [-0.1, -0.05) is 23.9 Å². The summed E-state index contributed by atoms with van der Waals surface area (Å²) in [5.74, 6) is 0. The molecule has 0 saturated heterocycles. The quantitative estimate of drug-likeness (QED) is 0.396. The molecule has 0 unspecified atom stereocenters. The smallest absolute Gasteiger partial charge is 0.183 e. The van der Waals surface area contributed by atoms with E-state index < -0.39 is 0 Å². The zero-order chi connectivity index (χ0) is 13.7. The predicted molar refractivity (Wildman–Crippen MR) is 80.6 cm³/mol. The van der Waals surface area contributed by atoms with Crippen LogP contribution >= 0.6 is 27.7 Å². The highest BCUT2D eigenvalue weighted by molar-refractivity contribution is 9.10. The molecule has 0 spiro atoms. The molecule has 0 radical (unpaired) electrons. The van der Waals surface area contributed by atoms with E-state index in [1.54, 1.807) is 10.9 Å². The van der Waals surface area contributed by atoms with Crippen LogP contribution in [0.2, 0.25) is 0 Å². The zero-order valence-electron chi connectivity index (χ0n) is 10.0. The Kier molecular flexibility index (Phi) is 4.60. The first-order chi connectivity index (χ1) is 9.24. The van der Waals surface area contributed by atoms with Gasteiger partial charge in [0.25, 0.3) is 0 Å². The van der Waals surface area contributed by atoms with Crippen molar-refractivity contribution in [2.75, 3.05) is 6.26 Å². The molecule has 0 amide bonds. The van der Waals surface area contributed by atoms with Crippen LogP contribution in [0.5, 0.6) is 0 Å². The van der Waals surface area contributed by atoms with E-state index >= 15 is 0 Å². The van der Waals surface area contributed by atoms with Crippen molar-refractivity contribution in [3.63, 3.8) is 0 Å². The Morgan fingerprint density at radius 1 is 1.53 bits per heavy atom. The third-order valence-corrected chi connectivity index (χ3v) is 3.25. The summed E-state index contributed by atoms with van der Waals surface area (Å²) in [5, 5.41) is 16.0. The minimum atomic E-state index is 0.543. The topological polar surface area (TPSA) is 66.0 Å². The second-order valence-electron chi connectivity index (χ2n) is 3.45. The maximum Gasteiger partial charge on any atom is 0.183 e. The van der Waals surface area contributed by atoms with E-state index in [0.717, 1.165) is 15.8 Å². The first kappa shape index (κ1) is 13.6. The van der Waals surface area contributed by atoms with Crippen LogP contribution in [0.4, 0.5) is 5.69 Å². The summed E-state index contributed by atoms with van der Waals surface area (Å²) in [6.45, 7) is 0. The lowest BCUT2D eigenvalue weighted by atomic mass is 10.3. The maximum atomic E-state index is 8.66. The van der Waals surface area contributed by atoms with Gasteiger partial charge >= 0.3 is 0 Å². The largest absolute Gasteiger partial charge is 0.271 e. The summed E-state index contributed by atoms with van der Waals surface area (Å²) in [5.41, 5.74) is 1.59. The number of hydrogen-bond acceptors (Lipinski definition) is 4. The lowest BCUT2D eigenvalue weighted by Crippen LogP contribution is -2.12. The van der Waals surface area contributed by atoms with E-state index in [2.05, 4.69) is 31.3 Å². The molecule has 0 aliphatic carbocycles. The van der Waals surface area contributed by atoms with Crippen LogP contribution in [0.3, 0.4) is 0 Å². The molecule has 0 atom stereocenters. The van der Waals surface area contributed by atoms with Crippen LogP contribution in [0.15, 0.2) is 46.1 Å². The number of nitriles is 1. The van der Waals surface area contributed by atoms with Crippen molar-refractivity contribution >= 4 is 38.5 Å². The monoisotopic (exact) mass is 335 g/mol. The lowest BCUT2D eigenvalue weighted by Gasteiger charge is -2.06. The van der Waals surface area contributed by atoms with E-state index in [4.69, 9.17) is 5.26 Å². The number of nitrogens with zero attached hydrogens (tertiary/aromatic N) is 4. The highest BCUT2D eigenvalue weighted by Crippen LogP contribution is 2.24. The number of amidine groups is 1. The van der Waals surface area contributed by atoms with Gasteiger partial charge in [-0.3, -0.25) is 5.32 Å². The fourth-order valence-corrected chi connectivity index (χ4v) is 2.09. The molecular formula is C12H10BrN5S. The van der Waals surface area contributed by atoms with Crippen molar-refractivity contribution < 1.29 is 0 Å². The molecule has 2 aromatic rings. The number of hydrogen-bond donors (Lipinski definition) is 1. The summed E-state index contributed by atoms with van der Waals surface area (Å²) in [7, 11) is 0. The van der Waals surface area contributed by atoms with E-state index in [-0.39, 0.29) is 0 Å². The standard InChI is InChI=1S/C12H10BrN5S/c1-19-12(15-8-14)17-10-4-2-3-5-11(10)18-7-9(13)6-16-18/h2-7H,1H3,(H,15,17). The molecule has 2 rings (SSSR count). The normalized spacial score (nSPS) is 11.1. The molecule has 0 saturated carbocycles. The van der Waals surface area contributed by atoms with Gasteiger partial charge in [-0.25, -0.2) is 9.67 Å². The minimum absolute atomic E-state index is 0.543. The Labute approximate surface area is 123 Å². The number of aromatic nitrogens is 2. The highest BCUT2D eigenvalue weighted by atomic mass is 79.9. The van der Waals surface area contributed by atoms with Crippen molar-refractivity contribution in [3.05, 3.63) is 41.1 Å². The van der Waals surface area contributed by atoms with Crippen LogP contribution in [0, 0.1) is 11.5 Å². The summed E-state index contributed by atoms with van der Waals surface area (Å²) >= 11 is 4.74. The molecule has 5 nitrogen and oxygen atoms in total. The van der Waals surface area contributed by atoms with Gasteiger partial charge in [-0.05, 0) is 34.3 Å². The SMILES string of the molecule is CSC(=Nc1ccccc1-n1cc(Br)cn1)NC#N. The summed E-state index contributed by atoms with van der Waals surface area (Å²) in [6.07, 6.45) is 7.29. The van der Waals surface area contributed by atoms with Crippen LogP contribution < -0.4 is 5.32 Å². The molecule has 0 bridgehead atoms. The van der Waals surface area contributed by atoms with Crippen molar-refractivity contribution in [2.45, 2.75) is 0 Å². The average molecular weight is 336 g/mol. The molecular weight excluding hydrogens is 326 g/mol. The van der Waals surface area contributed by atoms with Gasteiger partial charge in [0.15, 0.2) is 11.4 Å². The Balaban J connectivity index is 2.45. The van der Waals surface area contributed by atoms with Crippen LogP contribution in [-0.4, -0.2) is 21.2 Å². The summed E-state index contributed by atoms with van der Waals surface area (Å²) in [6, 6.07) is 7.61. The predicted octanol–water partition coefficient (Wildman–Crippen LogP) is 3.06. The molecule has 96 valence electrons. The van der Waals surface area contributed by atoms with Gasteiger partial charge in [-0.2, -0.15) is 10.4 Å². The van der Waals surface area contributed by atoms with Gasteiger partial charge in [0.1, 0.15) is 0 Å². The fraction of sp³-hybridized carbons (Fsp3) is 0.0833. The molecule has 1 N–H and O–H groups in total. The summed E-state index contributed by atoms with van der Waals surface area (Å²) in [4.78, 5) is 4.42. The molecule has 7 heteroatoms. The molecule has 19 heavy (non-hydrogen) atoms. The number of nitrogens with one attached hydrogen (secondary N) is 1. The van der Waals surface area contributed by atoms with Crippen molar-refractivity contribution in [1.29, 1.82) is 5.26 Å². The Morgan fingerprint density at radius 2 is 2.32 bits per heavy atom. The molecule has 1 heterocycles. The van der Waals surface area contributed by atoms with E-state index in [1.807, 2.05) is 42.9 Å². The number of para-hydroxylation sites is 2. The number of thioether (sulfide) groups is 1. The van der Waals surface area contributed by atoms with Crippen LogP contribution in [-0.2, 0) is 0 Å². The van der Waals surface area contributed by atoms with Crippen molar-refractivity contribution in [1.82, 2.24) is 15.1 Å². The average Bonchev–Trinajstić information content (AvgIpc) is 2.85. The highest BCUT2D eigenvalue weighted by Gasteiger charge is 2.06. The van der Waals surface area contributed by atoms with Gasteiger partial charge in [0.2, 0.25) is 0 Å². The van der Waals surface area contributed by atoms with Crippen molar-refractivity contribution in [2.24, 2.45) is 4.99 Å². The van der Waals surface area contributed by atoms with Gasteiger partial charge in [0.05, 0.1) is 22.0 Å².